The minimum atomic E-state index is -1.28. The highest BCUT2D eigenvalue weighted by Crippen LogP contribution is 2.29. The molecule has 0 aliphatic rings. The third kappa shape index (κ3) is 3.34. The summed E-state index contributed by atoms with van der Waals surface area (Å²) in [4.78, 5) is 35.9. The Hall–Kier alpha value is -3.62. The van der Waals surface area contributed by atoms with Crippen LogP contribution in [-0.2, 0) is 4.79 Å². The fourth-order valence-corrected chi connectivity index (χ4v) is 2.98. The van der Waals surface area contributed by atoms with Crippen molar-refractivity contribution in [2.24, 2.45) is 0 Å². The van der Waals surface area contributed by atoms with Crippen molar-refractivity contribution >= 4 is 17.4 Å². The van der Waals surface area contributed by atoms with E-state index in [1.54, 1.807) is 38.2 Å². The molecule has 0 atom stereocenters. The predicted molar refractivity (Wildman–Crippen MR) is 99.1 cm³/mol. The van der Waals surface area contributed by atoms with E-state index in [2.05, 4.69) is 5.32 Å². The number of amides is 1. The molecule has 1 aromatic carbocycles. The van der Waals surface area contributed by atoms with Crippen LogP contribution in [-0.4, -0.2) is 37.8 Å². The van der Waals surface area contributed by atoms with E-state index >= 15 is 0 Å². The van der Waals surface area contributed by atoms with Crippen molar-refractivity contribution in [2.75, 3.05) is 6.54 Å². The second kappa shape index (κ2) is 7.18. The predicted octanol–water partition coefficient (Wildman–Crippen LogP) is 2.01. The Morgan fingerprint density at radius 1 is 1.18 bits per heavy atom. The van der Waals surface area contributed by atoms with Gasteiger partial charge in [-0.2, -0.15) is 0 Å². The average Bonchev–Trinajstić information content (AvgIpc) is 3.05. The number of carbonyl (C=O) groups excluding carboxylic acids is 1. The van der Waals surface area contributed by atoms with Crippen LogP contribution in [0.1, 0.15) is 30.2 Å². The molecule has 0 spiro atoms. The number of aliphatic carboxylic acids is 1. The van der Waals surface area contributed by atoms with Crippen LogP contribution >= 0.6 is 0 Å². The summed E-state index contributed by atoms with van der Waals surface area (Å²) in [5.74, 6) is -3.21. The van der Waals surface area contributed by atoms with Gasteiger partial charge in [-0.05, 0) is 37.6 Å². The van der Waals surface area contributed by atoms with Gasteiger partial charge in [0.25, 0.3) is 11.5 Å². The number of rotatable bonds is 5. The van der Waals surface area contributed by atoms with Crippen LogP contribution in [0.25, 0.3) is 16.6 Å². The van der Waals surface area contributed by atoms with Crippen LogP contribution in [0.3, 0.4) is 0 Å². The lowest BCUT2D eigenvalue weighted by Gasteiger charge is -2.16. The van der Waals surface area contributed by atoms with Crippen LogP contribution in [0, 0.1) is 5.82 Å². The molecule has 28 heavy (non-hydrogen) atoms. The molecule has 0 aliphatic heterocycles. The van der Waals surface area contributed by atoms with E-state index in [0.29, 0.717) is 11.1 Å². The van der Waals surface area contributed by atoms with Crippen molar-refractivity contribution in [3.63, 3.8) is 0 Å². The molecule has 146 valence electrons. The van der Waals surface area contributed by atoms with Crippen molar-refractivity contribution in [1.29, 1.82) is 0 Å². The smallest absolute Gasteiger partial charge is 0.322 e. The maximum Gasteiger partial charge on any atom is 0.322 e. The SMILES string of the molecule is CC(C)n1c(=O)c(C(=O)NCC(=O)O)c(O)c2cc(-c3ccc(F)cc3)cn21. The summed E-state index contributed by atoms with van der Waals surface area (Å²) in [6.45, 7) is 2.77. The molecular formula is C19H18FN3O5. The summed E-state index contributed by atoms with van der Waals surface area (Å²) in [5.41, 5.74) is 0.153. The number of hydrogen-bond donors (Lipinski definition) is 3. The first-order valence-corrected chi connectivity index (χ1v) is 8.46. The number of carboxylic acids is 1. The zero-order valence-corrected chi connectivity index (χ0v) is 15.1. The molecule has 0 unspecified atom stereocenters. The summed E-state index contributed by atoms with van der Waals surface area (Å²) >= 11 is 0. The van der Waals surface area contributed by atoms with Crippen molar-refractivity contribution in [1.82, 2.24) is 14.5 Å². The largest absolute Gasteiger partial charge is 0.505 e. The van der Waals surface area contributed by atoms with Crippen molar-refractivity contribution < 1.29 is 24.2 Å². The lowest BCUT2D eigenvalue weighted by atomic mass is 10.1. The molecule has 3 N–H and O–H groups in total. The summed E-state index contributed by atoms with van der Waals surface area (Å²) in [5, 5.41) is 21.4. The standard InChI is InChI=1S/C19H18FN3O5/c1-10(2)23-19(28)16(18(27)21-8-15(24)25)17(26)14-7-12(9-22(14)23)11-3-5-13(20)6-4-11/h3-7,9-10,26H,8H2,1-2H3,(H,21,27)(H,24,25). The number of aromatic hydroxyl groups is 1. The van der Waals surface area contributed by atoms with Gasteiger partial charge >= 0.3 is 5.97 Å². The molecule has 8 nitrogen and oxygen atoms in total. The zero-order chi connectivity index (χ0) is 20.6. The number of fused-ring (bicyclic) bond motifs is 1. The first kappa shape index (κ1) is 19.2. The third-order valence-electron chi connectivity index (χ3n) is 4.23. The zero-order valence-electron chi connectivity index (χ0n) is 15.1. The number of nitrogens with one attached hydrogen (secondary N) is 1. The van der Waals surface area contributed by atoms with Gasteiger partial charge in [0.15, 0.2) is 5.75 Å². The van der Waals surface area contributed by atoms with E-state index in [4.69, 9.17) is 5.11 Å². The van der Waals surface area contributed by atoms with Crippen LogP contribution in [0.2, 0.25) is 0 Å². The summed E-state index contributed by atoms with van der Waals surface area (Å²) in [6.07, 6.45) is 1.60. The highest BCUT2D eigenvalue weighted by Gasteiger charge is 2.24. The Morgan fingerprint density at radius 3 is 2.39 bits per heavy atom. The summed E-state index contributed by atoms with van der Waals surface area (Å²) in [6, 6.07) is 6.89. The van der Waals surface area contributed by atoms with Gasteiger partial charge < -0.3 is 15.5 Å². The summed E-state index contributed by atoms with van der Waals surface area (Å²) in [7, 11) is 0. The van der Waals surface area contributed by atoms with E-state index in [1.165, 1.54) is 21.3 Å². The Labute approximate surface area is 158 Å². The average molecular weight is 387 g/mol. The van der Waals surface area contributed by atoms with Gasteiger partial charge in [0.2, 0.25) is 0 Å². The molecule has 0 saturated carbocycles. The van der Waals surface area contributed by atoms with Crippen LogP contribution in [0.4, 0.5) is 4.39 Å². The molecule has 3 aromatic rings. The van der Waals surface area contributed by atoms with E-state index in [1.807, 2.05) is 0 Å². The van der Waals surface area contributed by atoms with E-state index in [0.717, 1.165) is 0 Å². The molecule has 9 heteroatoms. The molecular weight excluding hydrogens is 369 g/mol. The monoisotopic (exact) mass is 387 g/mol. The number of carbonyl (C=O) groups is 2. The van der Waals surface area contributed by atoms with Gasteiger partial charge in [0.1, 0.15) is 23.4 Å². The van der Waals surface area contributed by atoms with Crippen LogP contribution in [0.15, 0.2) is 41.3 Å². The fourth-order valence-electron chi connectivity index (χ4n) is 2.98. The molecule has 1 amide bonds. The van der Waals surface area contributed by atoms with Crippen molar-refractivity contribution in [3.8, 4) is 16.9 Å². The Bertz CT molecular complexity index is 1130. The fraction of sp³-hybridized carbons (Fsp3) is 0.211. The highest BCUT2D eigenvalue weighted by molar-refractivity contribution is 6.00. The molecule has 2 aromatic heterocycles. The Kier molecular flexibility index (Phi) is 4.91. The first-order chi connectivity index (χ1) is 13.2. The van der Waals surface area contributed by atoms with E-state index in [-0.39, 0.29) is 11.6 Å². The van der Waals surface area contributed by atoms with Gasteiger partial charge in [-0.3, -0.25) is 18.9 Å². The molecule has 3 rings (SSSR count). The lowest BCUT2D eigenvalue weighted by Crippen LogP contribution is -2.38. The maximum absolute atomic E-state index is 13.2. The van der Waals surface area contributed by atoms with Gasteiger partial charge in [-0.25, -0.2) is 9.07 Å². The molecule has 0 saturated heterocycles. The van der Waals surface area contributed by atoms with Crippen molar-refractivity contribution in [3.05, 3.63) is 58.3 Å². The van der Waals surface area contributed by atoms with Crippen LogP contribution in [0.5, 0.6) is 5.75 Å². The van der Waals surface area contributed by atoms with Crippen LogP contribution < -0.4 is 10.9 Å². The van der Waals surface area contributed by atoms with Gasteiger partial charge in [0.05, 0.1) is 0 Å². The Morgan fingerprint density at radius 2 is 1.82 bits per heavy atom. The molecule has 0 aliphatic carbocycles. The normalized spacial score (nSPS) is 11.1. The minimum Gasteiger partial charge on any atom is -0.505 e. The second-order valence-electron chi connectivity index (χ2n) is 6.51. The number of hydrogen-bond acceptors (Lipinski definition) is 4. The first-order valence-electron chi connectivity index (χ1n) is 8.46. The minimum absolute atomic E-state index is 0.188. The molecule has 2 heterocycles. The second-order valence-corrected chi connectivity index (χ2v) is 6.51. The number of aromatic nitrogens is 2. The van der Waals surface area contributed by atoms with E-state index in [9.17, 15) is 23.9 Å². The third-order valence-corrected chi connectivity index (χ3v) is 4.23. The van der Waals surface area contributed by atoms with Crippen molar-refractivity contribution in [2.45, 2.75) is 19.9 Å². The van der Waals surface area contributed by atoms with Gasteiger partial charge in [-0.1, -0.05) is 12.1 Å². The highest BCUT2D eigenvalue weighted by atomic mass is 19.1. The number of halogens is 1. The van der Waals surface area contributed by atoms with E-state index < -0.39 is 41.1 Å². The maximum atomic E-state index is 13.2. The number of nitrogens with zero attached hydrogens (tertiary/aromatic N) is 2. The van der Waals surface area contributed by atoms with Gasteiger partial charge in [0, 0.05) is 17.8 Å². The topological polar surface area (TPSA) is 113 Å². The lowest BCUT2D eigenvalue weighted by molar-refractivity contribution is -0.135. The molecule has 0 radical (unpaired) electrons. The Balaban J connectivity index is 2.24. The number of carboxylic acid groups (broad SMARTS) is 1. The number of benzene rings is 1. The quantitative estimate of drug-likeness (QED) is 0.620. The van der Waals surface area contributed by atoms with Gasteiger partial charge in [-0.15, -0.1) is 0 Å². The molecule has 0 fully saturated rings. The molecule has 0 bridgehead atoms. The summed E-state index contributed by atoms with van der Waals surface area (Å²) < 4.78 is 15.9.